The summed E-state index contributed by atoms with van der Waals surface area (Å²) < 4.78 is 46.5. The van der Waals surface area contributed by atoms with Gasteiger partial charge in [-0.05, 0) is 48.4 Å². The first-order chi connectivity index (χ1) is 18.0. The molecule has 13 heteroatoms. The standard InChI is InChI=1S/C25H21F3N6O4/c1-13-20(22(36)38-3)21(18-8-7-14(12-29)9-15(18)10-19(35)30-2)34-23(31-32-24(34)37)33(13)17-6-4-5-16(11-17)25(26,27)28/h4-9,11,21H,10H2,1-3H3,(H,30,35)(H,32,37). The molecule has 38 heavy (non-hydrogen) atoms. The molecule has 0 saturated heterocycles. The summed E-state index contributed by atoms with van der Waals surface area (Å²) in [6.07, 6.45) is -4.82. The van der Waals surface area contributed by atoms with Gasteiger partial charge in [-0.15, -0.1) is 5.10 Å². The normalized spacial score (nSPS) is 15.1. The number of nitrogens with one attached hydrogen (secondary N) is 2. The monoisotopic (exact) mass is 526 g/mol. The maximum atomic E-state index is 13.5. The van der Waals surface area contributed by atoms with Crippen molar-refractivity contribution in [2.45, 2.75) is 25.6 Å². The molecule has 0 aliphatic carbocycles. The molecule has 10 nitrogen and oxygen atoms in total. The topological polar surface area (TPSA) is 133 Å². The van der Waals surface area contributed by atoms with Gasteiger partial charge < -0.3 is 10.1 Å². The Balaban J connectivity index is 2.03. The van der Waals surface area contributed by atoms with Crippen LogP contribution in [0, 0.1) is 11.3 Å². The number of H-pyrrole nitrogens is 1. The summed E-state index contributed by atoms with van der Waals surface area (Å²) in [4.78, 5) is 39.7. The van der Waals surface area contributed by atoms with Gasteiger partial charge in [-0.3, -0.25) is 9.69 Å². The number of likely N-dealkylation sites (N-methyl/N-ethyl adjacent to an activating group) is 1. The van der Waals surface area contributed by atoms with Crippen LogP contribution in [0.15, 0.2) is 58.5 Å². The Morgan fingerprint density at radius 3 is 2.61 bits per heavy atom. The molecule has 0 radical (unpaired) electrons. The highest BCUT2D eigenvalue weighted by molar-refractivity contribution is 5.94. The van der Waals surface area contributed by atoms with Crippen LogP contribution in [-0.2, 0) is 26.9 Å². The maximum Gasteiger partial charge on any atom is 0.416 e. The Bertz CT molecular complexity index is 1560. The number of allylic oxidation sites excluding steroid dienone is 1. The lowest BCUT2D eigenvalue weighted by molar-refractivity contribution is -0.138. The first kappa shape index (κ1) is 26.2. The largest absolute Gasteiger partial charge is 0.466 e. The SMILES string of the molecule is CNC(=O)Cc1cc(C#N)ccc1C1C(C(=O)OC)=C(C)N(c2cccc(C(F)(F)F)c2)c2n[nH]c(=O)n21. The highest BCUT2D eigenvalue weighted by atomic mass is 19.4. The second-order valence-electron chi connectivity index (χ2n) is 8.35. The van der Waals surface area contributed by atoms with Crippen LogP contribution in [0.1, 0.15) is 35.2 Å². The number of fused-ring (bicyclic) bond motifs is 1. The fraction of sp³-hybridized carbons (Fsp3) is 0.240. The number of benzene rings is 2. The fourth-order valence-corrected chi connectivity index (χ4v) is 4.44. The van der Waals surface area contributed by atoms with Gasteiger partial charge in [0, 0.05) is 18.4 Å². The van der Waals surface area contributed by atoms with Gasteiger partial charge in [0.05, 0.1) is 36.3 Å². The van der Waals surface area contributed by atoms with Crippen molar-refractivity contribution in [3.05, 3.63) is 86.5 Å². The van der Waals surface area contributed by atoms with Crippen LogP contribution in [0.25, 0.3) is 0 Å². The number of esters is 1. The van der Waals surface area contributed by atoms with E-state index >= 15 is 0 Å². The van der Waals surface area contributed by atoms with Crippen molar-refractivity contribution in [3.8, 4) is 6.07 Å². The van der Waals surface area contributed by atoms with Crippen LogP contribution in [0.3, 0.4) is 0 Å². The van der Waals surface area contributed by atoms with E-state index in [1.165, 1.54) is 49.2 Å². The van der Waals surface area contributed by atoms with E-state index in [-0.39, 0.29) is 40.8 Å². The molecule has 2 heterocycles. The van der Waals surface area contributed by atoms with Crippen LogP contribution in [0.2, 0.25) is 0 Å². The number of methoxy groups -OCH3 is 1. The summed E-state index contributed by atoms with van der Waals surface area (Å²) >= 11 is 0. The van der Waals surface area contributed by atoms with E-state index < -0.39 is 29.4 Å². The van der Waals surface area contributed by atoms with Crippen LogP contribution >= 0.6 is 0 Å². The lowest BCUT2D eigenvalue weighted by Gasteiger charge is -2.36. The summed E-state index contributed by atoms with van der Waals surface area (Å²) in [6, 6.07) is 9.64. The highest BCUT2D eigenvalue weighted by Crippen LogP contribution is 2.43. The second-order valence-corrected chi connectivity index (χ2v) is 8.35. The molecule has 1 unspecified atom stereocenters. The van der Waals surface area contributed by atoms with Crippen molar-refractivity contribution in [2.24, 2.45) is 0 Å². The number of alkyl halides is 3. The molecule has 0 bridgehead atoms. The number of hydrogen-bond donors (Lipinski definition) is 2. The van der Waals surface area contributed by atoms with Crippen molar-refractivity contribution < 1.29 is 27.5 Å². The van der Waals surface area contributed by atoms with Crippen LogP contribution in [-0.4, -0.2) is 40.8 Å². The van der Waals surface area contributed by atoms with Crippen LogP contribution in [0.4, 0.5) is 24.8 Å². The Morgan fingerprint density at radius 1 is 1.24 bits per heavy atom. The van der Waals surface area contributed by atoms with Gasteiger partial charge in [-0.2, -0.15) is 18.4 Å². The Labute approximate surface area is 213 Å². The molecule has 0 fully saturated rings. The number of amides is 1. The summed E-state index contributed by atoms with van der Waals surface area (Å²) in [5.74, 6) is -1.32. The Kier molecular flexibility index (Phi) is 6.82. The molecule has 0 spiro atoms. The zero-order chi connectivity index (χ0) is 27.8. The third kappa shape index (κ3) is 4.52. The van der Waals surface area contributed by atoms with Gasteiger partial charge in [0.1, 0.15) is 6.04 Å². The van der Waals surface area contributed by atoms with Crippen molar-refractivity contribution >= 4 is 23.5 Å². The number of carbonyl (C=O) groups excluding carboxylic acids is 2. The van der Waals surface area contributed by atoms with Gasteiger partial charge in [0.15, 0.2) is 0 Å². The predicted molar refractivity (Wildman–Crippen MR) is 128 cm³/mol. The van der Waals surface area contributed by atoms with Crippen molar-refractivity contribution in [1.29, 1.82) is 5.26 Å². The number of rotatable bonds is 5. The third-order valence-electron chi connectivity index (χ3n) is 6.18. The zero-order valence-electron chi connectivity index (χ0n) is 20.4. The molecular formula is C25H21F3N6O4. The van der Waals surface area contributed by atoms with E-state index in [1.807, 2.05) is 6.07 Å². The van der Waals surface area contributed by atoms with E-state index in [0.29, 0.717) is 11.1 Å². The minimum atomic E-state index is -4.64. The Hall–Kier alpha value is -4.86. The molecule has 1 aromatic heterocycles. The molecule has 2 aromatic carbocycles. The van der Waals surface area contributed by atoms with Gasteiger partial charge in [0.2, 0.25) is 11.9 Å². The molecule has 2 N–H and O–H groups in total. The Morgan fingerprint density at radius 2 is 1.97 bits per heavy atom. The first-order valence-electron chi connectivity index (χ1n) is 11.2. The van der Waals surface area contributed by atoms with E-state index in [0.717, 1.165) is 23.8 Å². The maximum absolute atomic E-state index is 13.5. The number of nitrogens with zero attached hydrogens (tertiary/aromatic N) is 4. The van der Waals surface area contributed by atoms with Crippen LogP contribution in [0.5, 0.6) is 0 Å². The number of aromatic amines is 1. The number of anilines is 2. The van der Waals surface area contributed by atoms with Gasteiger partial charge >= 0.3 is 17.8 Å². The number of nitriles is 1. The summed E-state index contributed by atoms with van der Waals surface area (Å²) in [6.45, 7) is 1.49. The van der Waals surface area contributed by atoms with E-state index in [2.05, 4.69) is 15.5 Å². The number of halogens is 3. The van der Waals surface area contributed by atoms with Gasteiger partial charge in [0.25, 0.3) is 0 Å². The average Bonchev–Trinajstić information content (AvgIpc) is 3.27. The predicted octanol–water partition coefficient (Wildman–Crippen LogP) is 2.94. The summed E-state index contributed by atoms with van der Waals surface area (Å²) in [5, 5.41) is 18.2. The molecule has 4 rings (SSSR count). The van der Waals surface area contributed by atoms with Crippen molar-refractivity contribution in [3.63, 3.8) is 0 Å². The molecule has 196 valence electrons. The smallest absolute Gasteiger partial charge is 0.416 e. The number of hydrogen-bond acceptors (Lipinski definition) is 7. The van der Waals surface area contributed by atoms with E-state index in [1.54, 1.807) is 0 Å². The molecule has 1 aliphatic rings. The van der Waals surface area contributed by atoms with E-state index in [4.69, 9.17) is 4.74 Å². The lowest BCUT2D eigenvalue weighted by atomic mass is 9.89. The minimum absolute atomic E-state index is 0.00263. The van der Waals surface area contributed by atoms with Gasteiger partial charge in [-0.1, -0.05) is 12.1 Å². The number of aromatic nitrogens is 3. The lowest BCUT2D eigenvalue weighted by Crippen LogP contribution is -2.38. The number of ether oxygens (including phenoxy) is 1. The molecule has 0 saturated carbocycles. The minimum Gasteiger partial charge on any atom is -0.466 e. The zero-order valence-corrected chi connectivity index (χ0v) is 20.4. The van der Waals surface area contributed by atoms with Crippen LogP contribution < -0.4 is 15.9 Å². The third-order valence-corrected chi connectivity index (χ3v) is 6.18. The van der Waals surface area contributed by atoms with Crippen molar-refractivity contribution in [2.75, 3.05) is 19.1 Å². The fourth-order valence-electron chi connectivity index (χ4n) is 4.44. The quantitative estimate of drug-likeness (QED) is 0.489. The molecule has 1 aliphatic heterocycles. The van der Waals surface area contributed by atoms with E-state index in [9.17, 15) is 32.8 Å². The average molecular weight is 526 g/mol. The summed E-state index contributed by atoms with van der Waals surface area (Å²) in [5.41, 5.74) is -0.668. The second kappa shape index (κ2) is 9.89. The van der Waals surface area contributed by atoms with Gasteiger partial charge in [-0.25, -0.2) is 19.3 Å². The molecular weight excluding hydrogens is 505 g/mol. The molecule has 3 aromatic rings. The first-order valence-corrected chi connectivity index (χ1v) is 11.2. The molecule has 1 amide bonds. The highest BCUT2D eigenvalue weighted by Gasteiger charge is 2.41. The summed E-state index contributed by atoms with van der Waals surface area (Å²) in [7, 11) is 2.57. The number of carbonyl (C=O) groups is 2. The molecule has 1 atom stereocenters. The van der Waals surface area contributed by atoms with Crippen molar-refractivity contribution in [1.82, 2.24) is 20.1 Å².